The summed E-state index contributed by atoms with van der Waals surface area (Å²) in [5.41, 5.74) is 0. The third-order valence-electron chi connectivity index (χ3n) is 4.53. The van der Waals surface area contributed by atoms with Gasteiger partial charge in [0.2, 0.25) is 0 Å². The monoisotopic (exact) mass is 238 g/mol. The van der Waals surface area contributed by atoms with Gasteiger partial charge in [-0.1, -0.05) is 20.3 Å². The SMILES string of the molecule is CC(C)CC(CN(C)C)NC1CC2CCC1C2. The van der Waals surface area contributed by atoms with Crippen LogP contribution in [0.2, 0.25) is 0 Å². The Hall–Kier alpha value is -0.0800. The number of nitrogens with zero attached hydrogens (tertiary/aromatic N) is 1. The minimum Gasteiger partial charge on any atom is -0.310 e. The minimum atomic E-state index is 0.689. The molecule has 2 nitrogen and oxygen atoms in total. The summed E-state index contributed by atoms with van der Waals surface area (Å²) in [6.07, 6.45) is 7.26. The van der Waals surface area contributed by atoms with Crippen molar-refractivity contribution in [1.29, 1.82) is 0 Å². The first-order chi connectivity index (χ1) is 8.04. The summed E-state index contributed by atoms with van der Waals surface area (Å²) in [7, 11) is 4.38. The van der Waals surface area contributed by atoms with Crippen LogP contribution in [0.1, 0.15) is 46.0 Å². The Morgan fingerprint density at radius 3 is 2.41 bits per heavy atom. The predicted molar refractivity (Wildman–Crippen MR) is 74.2 cm³/mol. The highest BCUT2D eigenvalue weighted by Gasteiger charge is 2.40. The second-order valence-electron chi connectivity index (χ2n) is 7.04. The molecule has 2 aliphatic rings. The average molecular weight is 238 g/mol. The fourth-order valence-corrected chi connectivity index (χ4v) is 3.96. The molecule has 0 amide bonds. The van der Waals surface area contributed by atoms with Gasteiger partial charge in [0.15, 0.2) is 0 Å². The van der Waals surface area contributed by atoms with E-state index in [4.69, 9.17) is 0 Å². The van der Waals surface area contributed by atoms with E-state index in [9.17, 15) is 0 Å². The molecule has 2 fully saturated rings. The quantitative estimate of drug-likeness (QED) is 0.765. The molecular weight excluding hydrogens is 208 g/mol. The second kappa shape index (κ2) is 5.71. The molecular formula is C15H30N2. The van der Waals surface area contributed by atoms with Gasteiger partial charge in [0.1, 0.15) is 0 Å². The fourth-order valence-electron chi connectivity index (χ4n) is 3.96. The summed E-state index contributed by atoms with van der Waals surface area (Å²) in [5, 5.41) is 3.97. The first-order valence-electron chi connectivity index (χ1n) is 7.45. The van der Waals surface area contributed by atoms with Crippen LogP contribution in [-0.2, 0) is 0 Å². The lowest BCUT2D eigenvalue weighted by Crippen LogP contribution is -2.46. The van der Waals surface area contributed by atoms with Crippen LogP contribution in [0.5, 0.6) is 0 Å². The van der Waals surface area contributed by atoms with Gasteiger partial charge in [0.05, 0.1) is 0 Å². The zero-order valence-corrected chi connectivity index (χ0v) is 12.1. The summed E-state index contributed by atoms with van der Waals surface area (Å²) in [6, 6.07) is 1.52. The van der Waals surface area contributed by atoms with Crippen LogP contribution < -0.4 is 5.32 Å². The Balaban J connectivity index is 1.83. The number of hydrogen-bond acceptors (Lipinski definition) is 2. The maximum Gasteiger partial charge on any atom is 0.0199 e. The van der Waals surface area contributed by atoms with E-state index in [2.05, 4.69) is 38.2 Å². The maximum atomic E-state index is 3.97. The molecule has 0 aliphatic heterocycles. The van der Waals surface area contributed by atoms with E-state index in [0.717, 1.165) is 23.8 Å². The van der Waals surface area contributed by atoms with Crippen molar-refractivity contribution in [3.63, 3.8) is 0 Å². The Bertz CT molecular complexity index is 227. The first kappa shape index (κ1) is 13.4. The lowest BCUT2D eigenvalue weighted by atomic mass is 9.93. The van der Waals surface area contributed by atoms with Crippen molar-refractivity contribution < 1.29 is 0 Å². The van der Waals surface area contributed by atoms with Crippen molar-refractivity contribution in [2.75, 3.05) is 20.6 Å². The van der Waals surface area contributed by atoms with Crippen molar-refractivity contribution in [3.8, 4) is 0 Å². The molecule has 4 atom stereocenters. The molecule has 4 unspecified atom stereocenters. The zero-order valence-electron chi connectivity index (χ0n) is 12.1. The predicted octanol–water partition coefficient (Wildman–Crippen LogP) is 2.74. The maximum absolute atomic E-state index is 3.97. The molecule has 0 aromatic rings. The highest BCUT2D eigenvalue weighted by atomic mass is 15.1. The summed E-state index contributed by atoms with van der Waals surface area (Å²) >= 11 is 0. The van der Waals surface area contributed by atoms with Crippen LogP contribution in [0.4, 0.5) is 0 Å². The second-order valence-corrected chi connectivity index (χ2v) is 7.04. The van der Waals surface area contributed by atoms with Crippen molar-refractivity contribution >= 4 is 0 Å². The highest BCUT2D eigenvalue weighted by molar-refractivity contribution is 4.95. The molecule has 2 saturated carbocycles. The van der Waals surface area contributed by atoms with Crippen LogP contribution in [0.3, 0.4) is 0 Å². The molecule has 2 bridgehead atoms. The molecule has 2 heteroatoms. The number of rotatable bonds is 6. The van der Waals surface area contributed by atoms with Gasteiger partial charge in [-0.3, -0.25) is 0 Å². The van der Waals surface area contributed by atoms with Crippen molar-refractivity contribution in [2.45, 2.75) is 58.0 Å². The van der Waals surface area contributed by atoms with E-state index in [0.29, 0.717) is 6.04 Å². The van der Waals surface area contributed by atoms with Gasteiger partial charge in [0, 0.05) is 18.6 Å². The normalized spacial score (nSPS) is 33.9. The molecule has 2 rings (SSSR count). The Morgan fingerprint density at radius 2 is 1.94 bits per heavy atom. The number of hydrogen-bond donors (Lipinski definition) is 1. The van der Waals surface area contributed by atoms with E-state index in [-0.39, 0.29) is 0 Å². The van der Waals surface area contributed by atoms with Crippen molar-refractivity contribution in [3.05, 3.63) is 0 Å². The van der Waals surface area contributed by atoms with Gasteiger partial charge in [-0.2, -0.15) is 0 Å². The summed E-state index contributed by atoms with van der Waals surface area (Å²) < 4.78 is 0. The Labute approximate surface area is 107 Å². The van der Waals surface area contributed by atoms with E-state index in [1.807, 2.05) is 0 Å². The topological polar surface area (TPSA) is 15.3 Å². The van der Waals surface area contributed by atoms with Gasteiger partial charge in [-0.05, 0) is 57.5 Å². The number of fused-ring (bicyclic) bond motifs is 2. The summed E-state index contributed by atoms with van der Waals surface area (Å²) in [4.78, 5) is 2.33. The molecule has 0 aromatic carbocycles. The van der Waals surface area contributed by atoms with E-state index >= 15 is 0 Å². The molecule has 100 valence electrons. The van der Waals surface area contributed by atoms with E-state index in [1.165, 1.54) is 38.6 Å². The van der Waals surface area contributed by atoms with Crippen LogP contribution >= 0.6 is 0 Å². The van der Waals surface area contributed by atoms with E-state index < -0.39 is 0 Å². The van der Waals surface area contributed by atoms with Crippen molar-refractivity contribution in [1.82, 2.24) is 10.2 Å². The molecule has 0 heterocycles. The van der Waals surface area contributed by atoms with Gasteiger partial charge < -0.3 is 10.2 Å². The van der Waals surface area contributed by atoms with Crippen molar-refractivity contribution in [2.24, 2.45) is 17.8 Å². The van der Waals surface area contributed by atoms with Crippen LogP contribution in [0.25, 0.3) is 0 Å². The Morgan fingerprint density at radius 1 is 1.18 bits per heavy atom. The first-order valence-corrected chi connectivity index (χ1v) is 7.45. The highest BCUT2D eigenvalue weighted by Crippen LogP contribution is 2.44. The third kappa shape index (κ3) is 3.69. The average Bonchev–Trinajstić information content (AvgIpc) is 2.76. The summed E-state index contributed by atoms with van der Waals surface area (Å²) in [6.45, 7) is 5.86. The molecule has 0 spiro atoms. The fraction of sp³-hybridized carbons (Fsp3) is 1.00. The van der Waals surface area contributed by atoms with Crippen LogP contribution in [0, 0.1) is 17.8 Å². The largest absolute Gasteiger partial charge is 0.310 e. The smallest absolute Gasteiger partial charge is 0.0199 e. The molecule has 17 heavy (non-hydrogen) atoms. The standard InChI is InChI=1S/C15H30N2/c1-11(2)7-14(10-17(3)4)16-15-9-12-5-6-13(15)8-12/h11-16H,5-10H2,1-4H3. The Kier molecular flexibility index (Phi) is 4.48. The third-order valence-corrected chi connectivity index (χ3v) is 4.53. The van der Waals surface area contributed by atoms with E-state index in [1.54, 1.807) is 0 Å². The molecule has 0 aromatic heterocycles. The van der Waals surface area contributed by atoms with Gasteiger partial charge in [-0.15, -0.1) is 0 Å². The lowest BCUT2D eigenvalue weighted by molar-refractivity contribution is 0.251. The van der Waals surface area contributed by atoms with Crippen LogP contribution in [0.15, 0.2) is 0 Å². The molecule has 2 aliphatic carbocycles. The van der Waals surface area contributed by atoms with Gasteiger partial charge in [0.25, 0.3) is 0 Å². The van der Waals surface area contributed by atoms with Gasteiger partial charge >= 0.3 is 0 Å². The number of nitrogens with one attached hydrogen (secondary N) is 1. The molecule has 0 saturated heterocycles. The lowest BCUT2D eigenvalue weighted by Gasteiger charge is -2.31. The van der Waals surface area contributed by atoms with Gasteiger partial charge in [-0.25, -0.2) is 0 Å². The molecule has 1 N–H and O–H groups in total. The zero-order chi connectivity index (χ0) is 12.4. The number of likely N-dealkylation sites (N-methyl/N-ethyl adjacent to an activating group) is 1. The minimum absolute atomic E-state index is 0.689. The molecule has 0 radical (unpaired) electrons. The summed E-state index contributed by atoms with van der Waals surface area (Å²) in [5.74, 6) is 2.85. The van der Waals surface area contributed by atoms with Crippen LogP contribution in [-0.4, -0.2) is 37.6 Å².